The lowest BCUT2D eigenvalue weighted by Gasteiger charge is -2.40. The molecule has 2 aromatic rings. The zero-order chi connectivity index (χ0) is 19.3. The summed E-state index contributed by atoms with van der Waals surface area (Å²) in [6.07, 6.45) is 1.70. The van der Waals surface area contributed by atoms with Crippen LogP contribution in [0.2, 0.25) is 10.0 Å². The van der Waals surface area contributed by atoms with Gasteiger partial charge in [-0.05, 0) is 42.8 Å². The van der Waals surface area contributed by atoms with Crippen molar-refractivity contribution >= 4 is 46.8 Å². The largest absolute Gasteiger partial charge is 0.373 e. The number of aliphatic imine (C=N–C) groups is 2. The summed E-state index contributed by atoms with van der Waals surface area (Å²) in [5.41, 5.74) is 4.72. The maximum atomic E-state index is 6.21. The Morgan fingerprint density at radius 3 is 2.50 bits per heavy atom. The fourth-order valence-corrected chi connectivity index (χ4v) is 4.68. The second-order valence-corrected chi connectivity index (χ2v) is 8.33. The highest BCUT2D eigenvalue weighted by molar-refractivity contribution is 6.31. The predicted molar refractivity (Wildman–Crippen MR) is 118 cm³/mol. The van der Waals surface area contributed by atoms with E-state index in [0.717, 1.165) is 53.3 Å². The molecule has 7 heteroatoms. The summed E-state index contributed by atoms with van der Waals surface area (Å²) in [5.74, 6) is 1.06. The maximum Gasteiger partial charge on any atom is 0.131 e. The first-order valence-corrected chi connectivity index (χ1v) is 10.3. The smallest absolute Gasteiger partial charge is 0.131 e. The first-order chi connectivity index (χ1) is 13.6. The van der Waals surface area contributed by atoms with Gasteiger partial charge in [0.25, 0.3) is 0 Å². The molecular formula is C21H21Cl2N5. The number of hydrogen-bond acceptors (Lipinski definition) is 5. The molecule has 5 rings (SSSR count). The Morgan fingerprint density at radius 1 is 0.964 bits per heavy atom. The molecule has 0 aromatic heterocycles. The summed E-state index contributed by atoms with van der Waals surface area (Å²) in [7, 11) is 0. The van der Waals surface area contributed by atoms with Crippen LogP contribution in [0.4, 0.5) is 11.4 Å². The van der Waals surface area contributed by atoms with Crippen LogP contribution in [-0.2, 0) is 0 Å². The van der Waals surface area contributed by atoms with Crippen molar-refractivity contribution in [2.45, 2.75) is 19.0 Å². The molecule has 28 heavy (non-hydrogen) atoms. The SMILES string of the molecule is Cc1ccc(Cl)cc1N1CCN(C2=NC=N[C@H]3c4cc(Cl)ccc4N[C@@H]23)CC1. The van der Waals surface area contributed by atoms with E-state index in [1.165, 1.54) is 11.3 Å². The zero-order valence-electron chi connectivity index (χ0n) is 15.6. The number of anilines is 2. The third kappa shape index (κ3) is 3.03. The molecule has 1 fully saturated rings. The van der Waals surface area contributed by atoms with Gasteiger partial charge in [0.15, 0.2) is 0 Å². The molecule has 144 valence electrons. The van der Waals surface area contributed by atoms with Gasteiger partial charge in [-0.1, -0.05) is 29.3 Å². The van der Waals surface area contributed by atoms with Gasteiger partial charge in [-0.25, -0.2) is 4.99 Å². The normalized spacial score (nSPS) is 23.2. The van der Waals surface area contributed by atoms with Gasteiger partial charge in [-0.15, -0.1) is 0 Å². The number of rotatable bonds is 1. The predicted octanol–water partition coefficient (Wildman–Crippen LogP) is 4.40. The molecule has 0 bridgehead atoms. The standard InChI is InChI=1S/C21H21Cl2N5/c1-13-2-3-15(23)11-18(13)27-6-8-28(9-7-27)21-20-19(24-12-25-21)16-10-14(22)4-5-17(16)26-20/h2-5,10-12,19-20,26H,6-9H2,1H3/t19-,20+/m0/s1. The Bertz CT molecular complexity index is 979. The molecule has 0 aliphatic carbocycles. The Hall–Kier alpha value is -2.24. The van der Waals surface area contributed by atoms with Gasteiger partial charge in [-0.3, -0.25) is 4.99 Å². The number of nitrogens with one attached hydrogen (secondary N) is 1. The Balaban J connectivity index is 1.33. The molecule has 1 N–H and O–H groups in total. The van der Waals surface area contributed by atoms with Gasteiger partial charge >= 0.3 is 0 Å². The van der Waals surface area contributed by atoms with E-state index >= 15 is 0 Å². The van der Waals surface area contributed by atoms with Crippen molar-refractivity contribution < 1.29 is 0 Å². The first kappa shape index (κ1) is 17.8. The zero-order valence-corrected chi connectivity index (χ0v) is 17.1. The minimum atomic E-state index is 0.0365. The number of amidine groups is 1. The van der Waals surface area contributed by atoms with Crippen molar-refractivity contribution in [3.8, 4) is 0 Å². The van der Waals surface area contributed by atoms with Crippen LogP contribution in [0.5, 0.6) is 0 Å². The topological polar surface area (TPSA) is 43.2 Å². The van der Waals surface area contributed by atoms with Crippen LogP contribution in [0.25, 0.3) is 0 Å². The second-order valence-electron chi connectivity index (χ2n) is 7.46. The van der Waals surface area contributed by atoms with Crippen LogP contribution < -0.4 is 10.2 Å². The minimum absolute atomic E-state index is 0.0365. The number of piperazine rings is 1. The molecule has 3 heterocycles. The third-order valence-electron chi connectivity index (χ3n) is 5.77. The fourth-order valence-electron chi connectivity index (χ4n) is 4.33. The summed E-state index contributed by atoms with van der Waals surface area (Å²) in [6.45, 7) is 5.84. The molecular weight excluding hydrogens is 393 g/mol. The Morgan fingerprint density at radius 2 is 1.68 bits per heavy atom. The van der Waals surface area contributed by atoms with Crippen molar-refractivity contribution in [1.29, 1.82) is 0 Å². The molecule has 0 spiro atoms. The Labute approximate surface area is 174 Å². The van der Waals surface area contributed by atoms with Gasteiger partial charge in [0.05, 0.1) is 0 Å². The van der Waals surface area contributed by atoms with E-state index < -0.39 is 0 Å². The van der Waals surface area contributed by atoms with E-state index in [1.54, 1.807) is 6.34 Å². The number of nitrogens with zero attached hydrogens (tertiary/aromatic N) is 4. The highest BCUT2D eigenvalue weighted by Gasteiger charge is 2.39. The number of fused-ring (bicyclic) bond motifs is 3. The van der Waals surface area contributed by atoms with Crippen molar-refractivity contribution in [1.82, 2.24) is 4.90 Å². The van der Waals surface area contributed by atoms with Crippen molar-refractivity contribution in [2.75, 3.05) is 36.4 Å². The summed E-state index contributed by atoms with van der Waals surface area (Å²) >= 11 is 12.4. The summed E-state index contributed by atoms with van der Waals surface area (Å²) in [4.78, 5) is 14.0. The van der Waals surface area contributed by atoms with Gasteiger partial charge in [0.1, 0.15) is 24.3 Å². The minimum Gasteiger partial charge on any atom is -0.373 e. The lowest BCUT2D eigenvalue weighted by molar-refractivity contribution is 0.372. The maximum absolute atomic E-state index is 6.21. The van der Waals surface area contributed by atoms with E-state index in [-0.39, 0.29) is 12.1 Å². The molecule has 1 saturated heterocycles. The van der Waals surface area contributed by atoms with Crippen LogP contribution in [-0.4, -0.2) is 49.3 Å². The van der Waals surface area contributed by atoms with Crippen LogP contribution >= 0.6 is 23.2 Å². The molecule has 5 nitrogen and oxygen atoms in total. The highest BCUT2D eigenvalue weighted by atomic mass is 35.5. The average molecular weight is 414 g/mol. The van der Waals surface area contributed by atoms with Gasteiger partial charge in [0, 0.05) is 53.2 Å². The number of aryl methyl sites for hydroxylation is 1. The second kappa shape index (κ2) is 6.98. The van der Waals surface area contributed by atoms with E-state index in [4.69, 9.17) is 23.2 Å². The lowest BCUT2D eigenvalue weighted by atomic mass is 10.0. The van der Waals surface area contributed by atoms with Crippen LogP contribution in [0, 0.1) is 6.92 Å². The molecule has 0 amide bonds. The monoisotopic (exact) mass is 413 g/mol. The van der Waals surface area contributed by atoms with E-state index in [9.17, 15) is 0 Å². The third-order valence-corrected chi connectivity index (χ3v) is 6.24. The van der Waals surface area contributed by atoms with Crippen molar-refractivity contribution in [3.63, 3.8) is 0 Å². The molecule has 0 radical (unpaired) electrons. The fraction of sp³-hybridized carbons (Fsp3) is 0.333. The van der Waals surface area contributed by atoms with E-state index in [2.05, 4.69) is 44.2 Å². The van der Waals surface area contributed by atoms with E-state index in [1.807, 2.05) is 24.3 Å². The van der Waals surface area contributed by atoms with Gasteiger partial charge < -0.3 is 15.1 Å². The van der Waals surface area contributed by atoms with E-state index in [0.29, 0.717) is 0 Å². The van der Waals surface area contributed by atoms with Gasteiger partial charge in [0.2, 0.25) is 0 Å². The summed E-state index contributed by atoms with van der Waals surface area (Å²) < 4.78 is 0. The summed E-state index contributed by atoms with van der Waals surface area (Å²) in [6, 6.07) is 12.2. The Kier molecular flexibility index (Phi) is 4.44. The molecule has 3 aliphatic heterocycles. The molecule has 3 aliphatic rings. The molecule has 2 atom stereocenters. The lowest BCUT2D eigenvalue weighted by Crippen LogP contribution is -2.53. The molecule has 0 unspecified atom stereocenters. The van der Waals surface area contributed by atoms with Crippen molar-refractivity contribution in [3.05, 3.63) is 57.6 Å². The van der Waals surface area contributed by atoms with Crippen LogP contribution in [0.1, 0.15) is 17.2 Å². The van der Waals surface area contributed by atoms with Crippen LogP contribution in [0.3, 0.4) is 0 Å². The highest BCUT2D eigenvalue weighted by Crippen LogP contribution is 2.40. The quantitative estimate of drug-likeness (QED) is 0.753. The molecule has 2 aromatic carbocycles. The number of halogens is 2. The van der Waals surface area contributed by atoms with Gasteiger partial charge in [-0.2, -0.15) is 0 Å². The van der Waals surface area contributed by atoms with Crippen molar-refractivity contribution in [2.24, 2.45) is 9.98 Å². The summed E-state index contributed by atoms with van der Waals surface area (Å²) in [5, 5.41) is 5.12. The number of benzene rings is 2. The average Bonchev–Trinajstić information content (AvgIpc) is 3.08. The first-order valence-electron chi connectivity index (χ1n) is 9.51. The van der Waals surface area contributed by atoms with Crippen LogP contribution in [0.15, 0.2) is 46.4 Å². The number of hydrogen-bond donors (Lipinski definition) is 1. The molecule has 0 saturated carbocycles.